The van der Waals surface area contributed by atoms with E-state index < -0.39 is 10.0 Å². The lowest BCUT2D eigenvalue weighted by Crippen LogP contribution is -2.38. The van der Waals surface area contributed by atoms with Gasteiger partial charge in [-0.1, -0.05) is 23.4 Å². The van der Waals surface area contributed by atoms with Crippen LogP contribution >= 0.6 is 0 Å². The van der Waals surface area contributed by atoms with Crippen LogP contribution in [-0.2, 0) is 19.7 Å². The molecule has 6 nitrogen and oxygen atoms in total. The molecule has 1 aromatic rings. The van der Waals surface area contributed by atoms with Gasteiger partial charge in [-0.05, 0) is 25.0 Å². The quantitative estimate of drug-likeness (QED) is 0.625. The van der Waals surface area contributed by atoms with Gasteiger partial charge in [0.05, 0.1) is 16.5 Å². The molecule has 1 aromatic carbocycles. The monoisotopic (exact) mass is 322 g/mol. The molecular formula is C15H18N2O4S. The fourth-order valence-electron chi connectivity index (χ4n) is 2.32. The first-order valence-corrected chi connectivity index (χ1v) is 8.83. The van der Waals surface area contributed by atoms with Crippen molar-refractivity contribution >= 4 is 21.7 Å². The number of nitrogens with zero attached hydrogens (tertiary/aromatic N) is 2. The zero-order valence-corrected chi connectivity index (χ0v) is 13.0. The molecule has 0 N–H and O–H groups in total. The number of carbonyl (C=O) groups is 1. The van der Waals surface area contributed by atoms with Gasteiger partial charge in [-0.25, -0.2) is 13.2 Å². The Morgan fingerprint density at radius 2 is 1.77 bits per heavy atom. The molecule has 1 aliphatic carbocycles. The Balaban J connectivity index is 1.59. The molecule has 1 saturated carbocycles. The maximum absolute atomic E-state index is 12.5. The summed E-state index contributed by atoms with van der Waals surface area (Å²) < 4.78 is 26.4. The van der Waals surface area contributed by atoms with Crippen LogP contribution in [0.15, 0.2) is 40.4 Å². The number of hydrogen-bond donors (Lipinski definition) is 0. The summed E-state index contributed by atoms with van der Waals surface area (Å²) in [7, 11) is -3.45. The molecule has 1 heterocycles. The van der Waals surface area contributed by atoms with Crippen LogP contribution < -0.4 is 0 Å². The highest BCUT2D eigenvalue weighted by Gasteiger charge is 2.32. The zero-order chi connectivity index (χ0) is 15.6. The lowest BCUT2D eigenvalue weighted by atomic mass is 10.1. The minimum Gasteiger partial charge on any atom is -0.318 e. The van der Waals surface area contributed by atoms with Gasteiger partial charge in [0, 0.05) is 25.9 Å². The van der Waals surface area contributed by atoms with Crippen molar-refractivity contribution in [3.8, 4) is 0 Å². The number of piperidine rings is 1. The molecule has 1 saturated heterocycles. The van der Waals surface area contributed by atoms with Crippen LogP contribution in [0.5, 0.6) is 0 Å². The van der Waals surface area contributed by atoms with Gasteiger partial charge in [-0.2, -0.15) is 4.31 Å². The van der Waals surface area contributed by atoms with E-state index in [0.29, 0.717) is 30.8 Å². The zero-order valence-electron chi connectivity index (χ0n) is 12.1. The topological polar surface area (TPSA) is 76.0 Å². The molecule has 1 aliphatic heterocycles. The fourth-order valence-corrected chi connectivity index (χ4v) is 3.78. The van der Waals surface area contributed by atoms with Crippen molar-refractivity contribution in [2.24, 2.45) is 11.1 Å². The Hall–Kier alpha value is -1.73. The Morgan fingerprint density at radius 1 is 1.14 bits per heavy atom. The molecule has 0 unspecified atom stereocenters. The predicted octanol–water partition coefficient (Wildman–Crippen LogP) is 1.78. The van der Waals surface area contributed by atoms with Crippen LogP contribution in [0.3, 0.4) is 0 Å². The van der Waals surface area contributed by atoms with E-state index in [0.717, 1.165) is 18.6 Å². The third-order valence-electron chi connectivity index (χ3n) is 3.86. The van der Waals surface area contributed by atoms with Gasteiger partial charge in [0.1, 0.15) is 0 Å². The highest BCUT2D eigenvalue weighted by Crippen LogP contribution is 2.30. The van der Waals surface area contributed by atoms with E-state index in [2.05, 4.69) is 5.16 Å². The minimum atomic E-state index is -3.45. The first kappa shape index (κ1) is 15.2. The molecule has 2 fully saturated rings. The second-order valence-corrected chi connectivity index (χ2v) is 7.50. The largest absolute Gasteiger partial charge is 0.338 e. The highest BCUT2D eigenvalue weighted by atomic mass is 32.2. The maximum Gasteiger partial charge on any atom is 0.338 e. The minimum absolute atomic E-state index is 0.0166. The first-order valence-electron chi connectivity index (χ1n) is 7.39. The van der Waals surface area contributed by atoms with Crippen LogP contribution in [0.4, 0.5) is 0 Å². The SMILES string of the molecule is O=C(ON=C1CCN(S(=O)(=O)c2ccccc2)CC1)C1CC1. The normalized spacial score (nSPS) is 19.7. The summed E-state index contributed by atoms with van der Waals surface area (Å²) in [6.45, 7) is 0.716. The van der Waals surface area contributed by atoms with Crippen molar-refractivity contribution in [2.75, 3.05) is 13.1 Å². The average molecular weight is 322 g/mol. The Kier molecular flexibility index (Phi) is 4.26. The van der Waals surface area contributed by atoms with E-state index >= 15 is 0 Å². The number of sulfonamides is 1. The maximum atomic E-state index is 12.5. The highest BCUT2D eigenvalue weighted by molar-refractivity contribution is 7.89. The van der Waals surface area contributed by atoms with Crippen molar-refractivity contribution < 1.29 is 18.0 Å². The molecule has 3 rings (SSSR count). The van der Waals surface area contributed by atoms with Crippen LogP contribution in [0.2, 0.25) is 0 Å². The fraction of sp³-hybridized carbons (Fsp3) is 0.467. The number of rotatable bonds is 4. The molecule has 0 radical (unpaired) electrons. The molecule has 22 heavy (non-hydrogen) atoms. The second kappa shape index (κ2) is 6.18. The van der Waals surface area contributed by atoms with Gasteiger partial charge in [0.2, 0.25) is 10.0 Å². The summed E-state index contributed by atoms with van der Waals surface area (Å²) in [5.41, 5.74) is 0.744. The molecule has 118 valence electrons. The van der Waals surface area contributed by atoms with Crippen molar-refractivity contribution in [2.45, 2.75) is 30.6 Å². The van der Waals surface area contributed by atoms with Gasteiger partial charge in [-0.3, -0.25) is 0 Å². The van der Waals surface area contributed by atoms with Crippen LogP contribution in [0, 0.1) is 5.92 Å². The standard InChI is InChI=1S/C15H18N2O4S/c18-15(12-6-7-12)21-16-13-8-10-17(11-9-13)22(19,20)14-4-2-1-3-5-14/h1-5,12H,6-11H2. The van der Waals surface area contributed by atoms with E-state index in [-0.39, 0.29) is 11.9 Å². The first-order chi connectivity index (χ1) is 10.6. The number of hydrogen-bond acceptors (Lipinski definition) is 5. The third kappa shape index (κ3) is 3.36. The van der Waals surface area contributed by atoms with Gasteiger partial charge in [-0.15, -0.1) is 0 Å². The van der Waals surface area contributed by atoms with Gasteiger partial charge in [0.15, 0.2) is 0 Å². The average Bonchev–Trinajstić information content (AvgIpc) is 3.39. The number of carbonyl (C=O) groups excluding carboxylic acids is 1. The summed E-state index contributed by atoms with van der Waals surface area (Å²) in [6.07, 6.45) is 2.74. The van der Waals surface area contributed by atoms with Crippen molar-refractivity contribution in [3.63, 3.8) is 0 Å². The Labute approximate surface area is 129 Å². The summed E-state index contributed by atoms with van der Waals surface area (Å²) in [4.78, 5) is 16.6. The summed E-state index contributed by atoms with van der Waals surface area (Å²) in [6, 6.07) is 8.39. The number of benzene rings is 1. The molecule has 0 aromatic heterocycles. The Morgan fingerprint density at radius 3 is 2.36 bits per heavy atom. The summed E-state index contributed by atoms with van der Waals surface area (Å²) in [5.74, 6) is -0.255. The summed E-state index contributed by atoms with van der Waals surface area (Å²) in [5, 5.41) is 3.88. The lowest BCUT2D eigenvalue weighted by molar-refractivity contribution is -0.145. The second-order valence-electron chi connectivity index (χ2n) is 5.56. The van der Waals surface area contributed by atoms with Crippen LogP contribution in [0.1, 0.15) is 25.7 Å². The molecule has 0 amide bonds. The molecule has 7 heteroatoms. The lowest BCUT2D eigenvalue weighted by Gasteiger charge is -2.26. The smallest absolute Gasteiger partial charge is 0.318 e. The van der Waals surface area contributed by atoms with E-state index in [9.17, 15) is 13.2 Å². The van der Waals surface area contributed by atoms with E-state index in [1.165, 1.54) is 4.31 Å². The van der Waals surface area contributed by atoms with E-state index in [4.69, 9.17) is 4.84 Å². The predicted molar refractivity (Wildman–Crippen MR) is 80.7 cm³/mol. The van der Waals surface area contributed by atoms with Crippen molar-refractivity contribution in [1.29, 1.82) is 0 Å². The number of oxime groups is 1. The van der Waals surface area contributed by atoms with Crippen molar-refractivity contribution in [1.82, 2.24) is 4.31 Å². The molecular weight excluding hydrogens is 304 g/mol. The van der Waals surface area contributed by atoms with Crippen LogP contribution in [-0.4, -0.2) is 37.5 Å². The molecule has 0 spiro atoms. The van der Waals surface area contributed by atoms with Crippen LogP contribution in [0.25, 0.3) is 0 Å². The van der Waals surface area contributed by atoms with Crippen molar-refractivity contribution in [3.05, 3.63) is 30.3 Å². The molecule has 0 bridgehead atoms. The van der Waals surface area contributed by atoms with E-state index in [1.807, 2.05) is 0 Å². The molecule has 0 atom stereocenters. The Bertz CT molecular complexity index is 671. The van der Waals surface area contributed by atoms with Gasteiger partial charge >= 0.3 is 5.97 Å². The third-order valence-corrected chi connectivity index (χ3v) is 5.77. The summed E-state index contributed by atoms with van der Waals surface area (Å²) >= 11 is 0. The van der Waals surface area contributed by atoms with Gasteiger partial charge in [0.25, 0.3) is 0 Å². The van der Waals surface area contributed by atoms with E-state index in [1.54, 1.807) is 30.3 Å². The molecule has 2 aliphatic rings. The van der Waals surface area contributed by atoms with Gasteiger partial charge < -0.3 is 4.84 Å².